The number of ether oxygens (including phenoxy) is 1. The average molecular weight is 157 g/mol. The zero-order valence-corrected chi connectivity index (χ0v) is 7.09. The van der Waals surface area contributed by atoms with Gasteiger partial charge in [-0.1, -0.05) is 6.92 Å². The van der Waals surface area contributed by atoms with E-state index >= 15 is 0 Å². The molecule has 3 nitrogen and oxygen atoms in total. The van der Waals surface area contributed by atoms with Crippen molar-refractivity contribution in [1.29, 1.82) is 0 Å². The topological polar surface area (TPSA) is 52.3 Å². The molecule has 0 aromatic rings. The van der Waals surface area contributed by atoms with Gasteiger partial charge in [0, 0.05) is 6.54 Å². The van der Waals surface area contributed by atoms with Crippen molar-refractivity contribution in [3.05, 3.63) is 0 Å². The van der Waals surface area contributed by atoms with Crippen molar-refractivity contribution in [2.45, 2.75) is 19.8 Å². The summed E-state index contributed by atoms with van der Waals surface area (Å²) in [4.78, 5) is 11.3. The lowest BCUT2D eigenvalue weighted by Crippen LogP contribution is -2.51. The first-order valence-electron chi connectivity index (χ1n) is 3.96. The molecule has 0 heterocycles. The molecule has 64 valence electrons. The summed E-state index contributed by atoms with van der Waals surface area (Å²) in [6, 6.07) is 0. The van der Waals surface area contributed by atoms with Crippen LogP contribution in [0.5, 0.6) is 0 Å². The molecule has 1 aliphatic carbocycles. The molecule has 0 aromatic carbocycles. The number of hydrogen-bond acceptors (Lipinski definition) is 3. The molecule has 2 unspecified atom stereocenters. The lowest BCUT2D eigenvalue weighted by atomic mass is 9.61. The quantitative estimate of drug-likeness (QED) is 0.595. The van der Waals surface area contributed by atoms with Gasteiger partial charge in [-0.15, -0.1) is 0 Å². The second-order valence-electron chi connectivity index (χ2n) is 3.29. The minimum absolute atomic E-state index is 0.140. The van der Waals surface area contributed by atoms with Crippen LogP contribution in [0, 0.1) is 11.3 Å². The summed E-state index contributed by atoms with van der Waals surface area (Å²) in [7, 11) is 1.42. The molecule has 0 amide bonds. The van der Waals surface area contributed by atoms with Gasteiger partial charge < -0.3 is 10.5 Å². The second-order valence-corrected chi connectivity index (χ2v) is 3.29. The molecule has 0 saturated heterocycles. The van der Waals surface area contributed by atoms with Gasteiger partial charge in [-0.05, 0) is 18.8 Å². The maximum absolute atomic E-state index is 11.3. The van der Waals surface area contributed by atoms with E-state index < -0.39 is 0 Å². The van der Waals surface area contributed by atoms with E-state index in [4.69, 9.17) is 10.5 Å². The number of methoxy groups -OCH3 is 1. The first-order valence-corrected chi connectivity index (χ1v) is 3.96. The van der Waals surface area contributed by atoms with Gasteiger partial charge in [-0.3, -0.25) is 4.79 Å². The Hall–Kier alpha value is -0.570. The van der Waals surface area contributed by atoms with Crippen LogP contribution in [0.3, 0.4) is 0 Å². The predicted molar refractivity (Wildman–Crippen MR) is 41.9 cm³/mol. The van der Waals surface area contributed by atoms with Gasteiger partial charge in [0.25, 0.3) is 0 Å². The van der Waals surface area contributed by atoms with E-state index in [2.05, 4.69) is 0 Å². The minimum atomic E-state index is -0.352. The van der Waals surface area contributed by atoms with Crippen molar-refractivity contribution in [1.82, 2.24) is 0 Å². The highest BCUT2D eigenvalue weighted by Gasteiger charge is 2.50. The first-order chi connectivity index (χ1) is 5.17. The molecule has 1 aliphatic rings. The largest absolute Gasteiger partial charge is 0.469 e. The molecular weight excluding hydrogens is 142 g/mol. The predicted octanol–water partition coefficient (Wildman–Crippen LogP) is 0.534. The molecule has 3 heteroatoms. The normalized spacial score (nSPS) is 36.1. The number of nitrogens with two attached hydrogens (primary N) is 1. The van der Waals surface area contributed by atoms with E-state index in [0.29, 0.717) is 12.5 Å². The van der Waals surface area contributed by atoms with Crippen molar-refractivity contribution in [2.75, 3.05) is 13.7 Å². The van der Waals surface area contributed by atoms with Crippen LogP contribution in [-0.2, 0) is 9.53 Å². The molecule has 0 aliphatic heterocycles. The molecule has 1 rings (SSSR count). The summed E-state index contributed by atoms with van der Waals surface area (Å²) < 4.78 is 4.70. The molecule has 1 fully saturated rings. The molecule has 11 heavy (non-hydrogen) atoms. The molecule has 0 spiro atoms. The lowest BCUT2D eigenvalue weighted by Gasteiger charge is -2.44. The standard InChI is InChI=1S/C8H15NO2/c1-6-3-4-8(6,5-9)7(10)11-2/h6H,3-5,9H2,1-2H3. The van der Waals surface area contributed by atoms with E-state index in [1.807, 2.05) is 6.92 Å². The monoisotopic (exact) mass is 157 g/mol. The molecule has 2 atom stereocenters. The van der Waals surface area contributed by atoms with Crippen LogP contribution in [0.25, 0.3) is 0 Å². The number of carbonyl (C=O) groups excluding carboxylic acids is 1. The zero-order valence-electron chi connectivity index (χ0n) is 7.09. The molecule has 2 N–H and O–H groups in total. The Morgan fingerprint density at radius 3 is 2.55 bits per heavy atom. The molecule has 0 radical (unpaired) electrons. The Morgan fingerprint density at radius 1 is 1.82 bits per heavy atom. The highest BCUT2D eigenvalue weighted by atomic mass is 16.5. The summed E-state index contributed by atoms with van der Waals surface area (Å²) in [5.41, 5.74) is 5.18. The second kappa shape index (κ2) is 2.81. The fourth-order valence-corrected chi connectivity index (χ4v) is 1.67. The van der Waals surface area contributed by atoms with Crippen LogP contribution in [0.15, 0.2) is 0 Å². The third kappa shape index (κ3) is 1.03. The van der Waals surface area contributed by atoms with Crippen molar-refractivity contribution >= 4 is 5.97 Å². The Bertz CT molecular complexity index is 165. The molecule has 0 bridgehead atoms. The van der Waals surface area contributed by atoms with E-state index in [0.717, 1.165) is 12.8 Å². The number of rotatable bonds is 2. The van der Waals surface area contributed by atoms with Gasteiger partial charge in [0.15, 0.2) is 0 Å². The lowest BCUT2D eigenvalue weighted by molar-refractivity contribution is -0.162. The van der Waals surface area contributed by atoms with Crippen LogP contribution in [0.1, 0.15) is 19.8 Å². The van der Waals surface area contributed by atoms with Crippen molar-refractivity contribution in [3.63, 3.8) is 0 Å². The summed E-state index contributed by atoms with van der Waals surface area (Å²) in [6.45, 7) is 2.47. The van der Waals surface area contributed by atoms with E-state index in [1.165, 1.54) is 7.11 Å². The maximum atomic E-state index is 11.3. The highest BCUT2D eigenvalue weighted by Crippen LogP contribution is 2.46. The van der Waals surface area contributed by atoms with Gasteiger partial charge in [-0.2, -0.15) is 0 Å². The summed E-state index contributed by atoms with van der Waals surface area (Å²) in [5, 5.41) is 0. The number of hydrogen-bond donors (Lipinski definition) is 1. The summed E-state index contributed by atoms with van der Waals surface area (Å²) in [5.74, 6) is 0.249. The van der Waals surface area contributed by atoms with Gasteiger partial charge in [0.2, 0.25) is 0 Å². The highest BCUT2D eigenvalue weighted by molar-refractivity contribution is 5.78. The van der Waals surface area contributed by atoms with Gasteiger partial charge in [-0.25, -0.2) is 0 Å². The fourth-order valence-electron chi connectivity index (χ4n) is 1.67. The van der Waals surface area contributed by atoms with Crippen LogP contribution in [0.4, 0.5) is 0 Å². The van der Waals surface area contributed by atoms with Gasteiger partial charge in [0.05, 0.1) is 12.5 Å². The Morgan fingerprint density at radius 2 is 2.45 bits per heavy atom. The smallest absolute Gasteiger partial charge is 0.313 e. The van der Waals surface area contributed by atoms with Crippen molar-refractivity contribution in [3.8, 4) is 0 Å². The third-order valence-electron chi connectivity index (χ3n) is 2.92. The molecule has 1 saturated carbocycles. The Kier molecular flexibility index (Phi) is 2.18. The third-order valence-corrected chi connectivity index (χ3v) is 2.92. The first kappa shape index (κ1) is 8.53. The van der Waals surface area contributed by atoms with Gasteiger partial charge in [0.1, 0.15) is 0 Å². The number of carbonyl (C=O) groups is 1. The van der Waals surface area contributed by atoms with E-state index in [9.17, 15) is 4.79 Å². The van der Waals surface area contributed by atoms with Crippen molar-refractivity contribution in [2.24, 2.45) is 17.1 Å². The summed E-state index contributed by atoms with van der Waals surface area (Å²) in [6.07, 6.45) is 1.98. The van der Waals surface area contributed by atoms with Crippen LogP contribution >= 0.6 is 0 Å². The minimum Gasteiger partial charge on any atom is -0.469 e. The average Bonchev–Trinajstić information content (AvgIpc) is 2.03. The van der Waals surface area contributed by atoms with Crippen LogP contribution in [0.2, 0.25) is 0 Å². The van der Waals surface area contributed by atoms with E-state index in [1.54, 1.807) is 0 Å². The van der Waals surface area contributed by atoms with Crippen LogP contribution in [-0.4, -0.2) is 19.6 Å². The fraction of sp³-hybridized carbons (Fsp3) is 0.875. The van der Waals surface area contributed by atoms with Crippen molar-refractivity contribution < 1.29 is 9.53 Å². The maximum Gasteiger partial charge on any atom is 0.313 e. The Labute approximate surface area is 66.9 Å². The zero-order chi connectivity index (χ0) is 8.48. The summed E-state index contributed by atoms with van der Waals surface area (Å²) >= 11 is 0. The van der Waals surface area contributed by atoms with Crippen LogP contribution < -0.4 is 5.73 Å². The number of esters is 1. The molecule has 0 aromatic heterocycles. The van der Waals surface area contributed by atoms with E-state index in [-0.39, 0.29) is 11.4 Å². The molecular formula is C8H15NO2. The van der Waals surface area contributed by atoms with Gasteiger partial charge >= 0.3 is 5.97 Å². The Balaban J connectivity index is 2.68. The SMILES string of the molecule is COC(=O)C1(CN)CCC1C.